The molecule has 0 aliphatic carbocycles. The number of carbonyl (C=O) groups excluding carboxylic acids is 2. The van der Waals surface area contributed by atoms with Gasteiger partial charge in [0.05, 0.1) is 18.8 Å². The molecule has 1 fully saturated rings. The van der Waals surface area contributed by atoms with E-state index in [9.17, 15) is 9.59 Å². The van der Waals surface area contributed by atoms with Gasteiger partial charge in [-0.2, -0.15) is 0 Å². The maximum Gasteiger partial charge on any atom is 0.337 e. The molecule has 4 heteroatoms. The molecule has 100 valence electrons. The lowest BCUT2D eigenvalue weighted by atomic mass is 10.0. The van der Waals surface area contributed by atoms with Crippen LogP contribution in [0.4, 0.5) is 0 Å². The van der Waals surface area contributed by atoms with Gasteiger partial charge in [0.1, 0.15) is 12.4 Å². The quantitative estimate of drug-likeness (QED) is 0.341. The van der Waals surface area contributed by atoms with E-state index in [0.29, 0.717) is 5.56 Å². The highest BCUT2D eigenvalue weighted by Crippen LogP contribution is 2.41. The number of ether oxygens (including phenoxy) is 2. The molecule has 0 amide bonds. The second-order valence-electron chi connectivity index (χ2n) is 4.35. The minimum Gasteiger partial charge on any atom is -0.465 e. The Balaban J connectivity index is 1.92. The van der Waals surface area contributed by atoms with E-state index >= 15 is 0 Å². The average molecular weight is 260 g/mol. The Morgan fingerprint density at radius 3 is 3.05 bits per heavy atom. The molecule has 0 unspecified atom stereocenters. The average Bonchev–Trinajstić information content (AvgIpc) is 3.22. The van der Waals surface area contributed by atoms with Gasteiger partial charge < -0.3 is 9.47 Å². The van der Waals surface area contributed by atoms with E-state index in [1.807, 2.05) is 18.2 Å². The number of methoxy groups -OCH3 is 1. The number of hydrogen-bond donors (Lipinski definition) is 0. The highest BCUT2D eigenvalue weighted by atomic mass is 16.6. The molecule has 1 saturated heterocycles. The van der Waals surface area contributed by atoms with Crippen LogP contribution >= 0.6 is 0 Å². The van der Waals surface area contributed by atoms with Gasteiger partial charge in [0, 0.05) is 0 Å². The minimum atomic E-state index is -0.340. The van der Waals surface area contributed by atoms with Crippen molar-refractivity contribution in [2.45, 2.75) is 25.0 Å². The smallest absolute Gasteiger partial charge is 0.337 e. The first kappa shape index (κ1) is 13.5. The lowest BCUT2D eigenvalue weighted by molar-refractivity contribution is -0.104. The summed E-state index contributed by atoms with van der Waals surface area (Å²) in [6.07, 6.45) is 6.00. The van der Waals surface area contributed by atoms with Crippen LogP contribution in [0.1, 0.15) is 34.9 Å². The molecule has 0 aromatic heterocycles. The molecule has 19 heavy (non-hydrogen) atoms. The predicted molar refractivity (Wildman–Crippen MR) is 69.8 cm³/mol. The third-order valence-electron chi connectivity index (χ3n) is 3.05. The van der Waals surface area contributed by atoms with Gasteiger partial charge in [0.25, 0.3) is 0 Å². The van der Waals surface area contributed by atoms with E-state index in [4.69, 9.17) is 4.74 Å². The monoisotopic (exact) mass is 260 g/mol. The number of benzene rings is 1. The van der Waals surface area contributed by atoms with Crippen LogP contribution in [0, 0.1) is 0 Å². The van der Waals surface area contributed by atoms with Crippen molar-refractivity contribution >= 4 is 12.3 Å². The highest BCUT2D eigenvalue weighted by Gasteiger charge is 2.39. The molecule has 2 atom stereocenters. The van der Waals surface area contributed by atoms with Gasteiger partial charge in [-0.05, 0) is 36.6 Å². The van der Waals surface area contributed by atoms with Gasteiger partial charge in [-0.3, -0.25) is 4.79 Å². The fraction of sp³-hybridized carbons (Fsp3) is 0.333. The summed E-state index contributed by atoms with van der Waals surface area (Å²) in [7, 11) is 1.37. The van der Waals surface area contributed by atoms with Gasteiger partial charge >= 0.3 is 5.97 Å². The molecular weight excluding hydrogens is 244 g/mol. The largest absolute Gasteiger partial charge is 0.465 e. The molecule has 0 saturated carbocycles. The number of carbonyl (C=O) groups is 2. The van der Waals surface area contributed by atoms with Crippen molar-refractivity contribution in [2.24, 2.45) is 0 Å². The second kappa shape index (κ2) is 6.29. The topological polar surface area (TPSA) is 55.9 Å². The normalized spacial score (nSPS) is 21.3. The standard InChI is InChI=1S/C15H16O4/c1-18-15(17)12-7-5-6-11(10-12)14-13(19-14)8-3-2-4-9-16/h2,4-7,9-10,13-14H,3,8H2,1H3/b4-2+/t13-,14-/m1/s1. The van der Waals surface area contributed by atoms with E-state index in [0.717, 1.165) is 24.7 Å². The van der Waals surface area contributed by atoms with Crippen molar-refractivity contribution in [1.82, 2.24) is 0 Å². The first-order chi connectivity index (χ1) is 9.26. The predicted octanol–water partition coefficient (Wildman–Crippen LogP) is 2.45. The molecule has 1 aromatic carbocycles. The summed E-state index contributed by atoms with van der Waals surface area (Å²) in [5, 5.41) is 0. The number of esters is 1. The minimum absolute atomic E-state index is 0.0502. The van der Waals surface area contributed by atoms with Crippen LogP contribution in [-0.4, -0.2) is 25.5 Å². The molecule has 1 aromatic rings. The van der Waals surface area contributed by atoms with Crippen LogP contribution in [0.5, 0.6) is 0 Å². The summed E-state index contributed by atoms with van der Waals surface area (Å²) in [5.74, 6) is -0.340. The summed E-state index contributed by atoms with van der Waals surface area (Å²) < 4.78 is 10.3. The summed E-state index contributed by atoms with van der Waals surface area (Å²) in [4.78, 5) is 21.5. The van der Waals surface area contributed by atoms with Crippen LogP contribution in [0.2, 0.25) is 0 Å². The zero-order valence-electron chi connectivity index (χ0n) is 10.7. The SMILES string of the molecule is COC(=O)c1cccc([C@H]2O[C@@H]2CC/C=C/C=O)c1. The molecule has 4 nitrogen and oxygen atoms in total. The molecule has 0 N–H and O–H groups in total. The van der Waals surface area contributed by atoms with Crippen LogP contribution in [0.3, 0.4) is 0 Å². The maximum atomic E-state index is 11.4. The molecule has 0 bridgehead atoms. The van der Waals surface area contributed by atoms with Crippen molar-refractivity contribution in [3.05, 3.63) is 47.5 Å². The number of hydrogen-bond acceptors (Lipinski definition) is 4. The number of aldehydes is 1. The Bertz CT molecular complexity index is 493. The van der Waals surface area contributed by atoms with Crippen molar-refractivity contribution in [3.8, 4) is 0 Å². The van der Waals surface area contributed by atoms with E-state index < -0.39 is 0 Å². The Kier molecular flexibility index (Phi) is 4.47. The van der Waals surface area contributed by atoms with Gasteiger partial charge in [-0.1, -0.05) is 18.2 Å². The van der Waals surface area contributed by atoms with E-state index in [-0.39, 0.29) is 18.2 Å². The first-order valence-corrected chi connectivity index (χ1v) is 6.20. The van der Waals surface area contributed by atoms with Gasteiger partial charge in [-0.25, -0.2) is 4.79 Å². The Morgan fingerprint density at radius 2 is 2.32 bits per heavy atom. The van der Waals surface area contributed by atoms with Crippen LogP contribution in [0.25, 0.3) is 0 Å². The Morgan fingerprint density at radius 1 is 1.47 bits per heavy atom. The summed E-state index contributed by atoms with van der Waals surface area (Å²) in [6.45, 7) is 0. The number of allylic oxidation sites excluding steroid dienone is 2. The maximum absolute atomic E-state index is 11.4. The van der Waals surface area contributed by atoms with E-state index in [1.54, 1.807) is 12.1 Å². The highest BCUT2D eigenvalue weighted by molar-refractivity contribution is 5.89. The van der Waals surface area contributed by atoms with E-state index in [1.165, 1.54) is 13.2 Å². The number of epoxide rings is 1. The molecule has 1 aliphatic heterocycles. The third kappa shape index (κ3) is 3.51. The summed E-state index contributed by atoms with van der Waals surface area (Å²) >= 11 is 0. The lowest BCUT2D eigenvalue weighted by Gasteiger charge is -2.01. The summed E-state index contributed by atoms with van der Waals surface area (Å²) in [6, 6.07) is 7.29. The zero-order valence-corrected chi connectivity index (χ0v) is 10.7. The Labute approximate surface area is 112 Å². The van der Waals surface area contributed by atoms with Gasteiger partial charge in [-0.15, -0.1) is 0 Å². The van der Waals surface area contributed by atoms with Crippen LogP contribution in [0.15, 0.2) is 36.4 Å². The molecule has 1 aliphatic rings. The molecule has 0 spiro atoms. The summed E-state index contributed by atoms with van der Waals surface area (Å²) in [5.41, 5.74) is 1.53. The van der Waals surface area contributed by atoms with Crippen LogP contribution in [-0.2, 0) is 14.3 Å². The van der Waals surface area contributed by atoms with Crippen molar-refractivity contribution < 1.29 is 19.1 Å². The second-order valence-corrected chi connectivity index (χ2v) is 4.35. The van der Waals surface area contributed by atoms with Crippen molar-refractivity contribution in [2.75, 3.05) is 7.11 Å². The lowest BCUT2D eigenvalue weighted by Crippen LogP contribution is -2.01. The van der Waals surface area contributed by atoms with E-state index in [2.05, 4.69) is 4.74 Å². The van der Waals surface area contributed by atoms with Gasteiger partial charge in [0.15, 0.2) is 0 Å². The van der Waals surface area contributed by atoms with Crippen LogP contribution < -0.4 is 0 Å². The molecule has 2 rings (SSSR count). The molecule has 0 radical (unpaired) electrons. The molecule has 1 heterocycles. The Hall–Kier alpha value is -1.94. The fourth-order valence-corrected chi connectivity index (χ4v) is 2.03. The van der Waals surface area contributed by atoms with Gasteiger partial charge in [0.2, 0.25) is 0 Å². The van der Waals surface area contributed by atoms with Crippen molar-refractivity contribution in [3.63, 3.8) is 0 Å². The first-order valence-electron chi connectivity index (χ1n) is 6.20. The molecular formula is C15H16O4. The fourth-order valence-electron chi connectivity index (χ4n) is 2.03. The zero-order chi connectivity index (χ0) is 13.7. The number of rotatable bonds is 6. The third-order valence-corrected chi connectivity index (χ3v) is 3.05. The van der Waals surface area contributed by atoms with Crippen molar-refractivity contribution in [1.29, 1.82) is 0 Å².